The molecule has 2 aliphatic rings. The van der Waals surface area contributed by atoms with Crippen LogP contribution in [0.25, 0.3) is 0 Å². The van der Waals surface area contributed by atoms with E-state index in [1.54, 1.807) is 32.9 Å². The molecular formula is C24H30Cl2N6O3. The number of likely N-dealkylation sites (tertiary alicyclic amines) is 1. The number of ether oxygens (including phenoxy) is 1. The molecule has 1 unspecified atom stereocenters. The van der Waals surface area contributed by atoms with Gasteiger partial charge in [0.2, 0.25) is 5.95 Å². The fraction of sp³-hybridized carbons (Fsp3) is 0.500. The van der Waals surface area contributed by atoms with Gasteiger partial charge in [0.05, 0.1) is 10.0 Å². The molecule has 3 heterocycles. The van der Waals surface area contributed by atoms with E-state index < -0.39 is 5.60 Å². The van der Waals surface area contributed by atoms with Gasteiger partial charge in [0, 0.05) is 49.7 Å². The lowest BCUT2D eigenvalue weighted by atomic mass is 10.1. The number of anilines is 3. The van der Waals surface area contributed by atoms with Crippen LogP contribution >= 0.6 is 23.2 Å². The van der Waals surface area contributed by atoms with E-state index in [0.29, 0.717) is 53.7 Å². The van der Waals surface area contributed by atoms with Crippen molar-refractivity contribution in [1.82, 2.24) is 14.9 Å². The second-order valence-corrected chi connectivity index (χ2v) is 10.6. The van der Waals surface area contributed by atoms with Gasteiger partial charge >= 0.3 is 12.1 Å². The Hall–Kier alpha value is -2.78. The highest BCUT2D eigenvalue weighted by Crippen LogP contribution is 2.30. The van der Waals surface area contributed by atoms with Crippen LogP contribution in [0.5, 0.6) is 0 Å². The van der Waals surface area contributed by atoms with Crippen LogP contribution in [0.1, 0.15) is 39.3 Å². The minimum atomic E-state index is -0.538. The molecule has 0 radical (unpaired) electrons. The van der Waals surface area contributed by atoms with Crippen molar-refractivity contribution >= 4 is 52.8 Å². The smallest absolute Gasteiger partial charge is 0.410 e. The Kier molecular flexibility index (Phi) is 7.28. The Morgan fingerprint density at radius 1 is 1.09 bits per heavy atom. The van der Waals surface area contributed by atoms with E-state index in [1.165, 1.54) is 0 Å². The van der Waals surface area contributed by atoms with Gasteiger partial charge in [0.15, 0.2) is 0 Å². The number of benzene rings is 1. The van der Waals surface area contributed by atoms with Crippen LogP contribution in [0.2, 0.25) is 10.0 Å². The lowest BCUT2D eigenvalue weighted by Gasteiger charge is -2.34. The summed E-state index contributed by atoms with van der Waals surface area (Å²) in [5.74, 6) is 0.948. The van der Waals surface area contributed by atoms with Gasteiger partial charge in [-0.15, -0.1) is 0 Å². The third-order valence-electron chi connectivity index (χ3n) is 5.73. The standard InChI is InChI=1S/C24H30Cl2N6O3/c1-15-12-20(28-16-6-5-9-30(14-16)23(34)35-24(2,3)4)29-21(27-15)32-11-10-31(22(32)33)17-7-8-18(25)19(26)13-17/h7-8,12-13,16H,5-6,9-11,14H2,1-4H3,(H,27,28,29). The lowest BCUT2D eigenvalue weighted by molar-refractivity contribution is 0.0206. The highest BCUT2D eigenvalue weighted by atomic mass is 35.5. The molecule has 0 bridgehead atoms. The Bertz CT molecular complexity index is 1120. The average molecular weight is 521 g/mol. The van der Waals surface area contributed by atoms with Crippen molar-refractivity contribution in [2.45, 2.75) is 52.2 Å². The Morgan fingerprint density at radius 2 is 1.83 bits per heavy atom. The van der Waals surface area contributed by atoms with Gasteiger partial charge in [-0.1, -0.05) is 23.2 Å². The molecule has 2 fully saturated rings. The number of carbonyl (C=O) groups excluding carboxylic acids is 2. The van der Waals surface area contributed by atoms with Gasteiger partial charge in [-0.25, -0.2) is 14.6 Å². The molecule has 1 atom stereocenters. The van der Waals surface area contributed by atoms with Crippen molar-refractivity contribution in [3.8, 4) is 0 Å². The summed E-state index contributed by atoms with van der Waals surface area (Å²) in [6.45, 7) is 9.53. The Labute approximate surface area is 215 Å². The first-order valence-electron chi connectivity index (χ1n) is 11.6. The fourth-order valence-electron chi connectivity index (χ4n) is 4.16. The number of aryl methyl sites for hydroxylation is 1. The molecule has 2 aromatic rings. The topological polar surface area (TPSA) is 90.9 Å². The molecule has 1 aromatic carbocycles. The van der Waals surface area contributed by atoms with Crippen LogP contribution in [0, 0.1) is 6.92 Å². The first-order chi connectivity index (χ1) is 16.5. The molecule has 9 nitrogen and oxygen atoms in total. The summed E-state index contributed by atoms with van der Waals surface area (Å²) in [5, 5.41) is 4.25. The second kappa shape index (κ2) is 10.1. The van der Waals surface area contributed by atoms with E-state index in [2.05, 4.69) is 15.3 Å². The van der Waals surface area contributed by atoms with Crippen LogP contribution in [0.4, 0.5) is 27.0 Å². The van der Waals surface area contributed by atoms with Gasteiger partial charge in [-0.05, 0) is 58.7 Å². The number of nitrogens with one attached hydrogen (secondary N) is 1. The predicted octanol–water partition coefficient (Wildman–Crippen LogP) is 5.35. The number of urea groups is 1. The van der Waals surface area contributed by atoms with Gasteiger partial charge in [-0.2, -0.15) is 4.98 Å². The molecule has 11 heteroatoms. The van der Waals surface area contributed by atoms with Crippen LogP contribution < -0.4 is 15.1 Å². The normalized spacial score (nSPS) is 18.7. The Morgan fingerprint density at radius 3 is 2.54 bits per heavy atom. The molecule has 0 saturated carbocycles. The van der Waals surface area contributed by atoms with Crippen molar-refractivity contribution in [2.75, 3.05) is 41.3 Å². The number of aromatic nitrogens is 2. The zero-order chi connectivity index (χ0) is 25.3. The highest BCUT2D eigenvalue weighted by Gasteiger charge is 2.33. The summed E-state index contributed by atoms with van der Waals surface area (Å²) in [6, 6.07) is 6.74. The van der Waals surface area contributed by atoms with Crippen LogP contribution in [-0.2, 0) is 4.74 Å². The molecule has 0 spiro atoms. The van der Waals surface area contributed by atoms with Crippen molar-refractivity contribution in [3.63, 3.8) is 0 Å². The maximum absolute atomic E-state index is 13.2. The molecule has 0 aliphatic carbocycles. The van der Waals surface area contributed by atoms with E-state index in [0.717, 1.165) is 18.5 Å². The van der Waals surface area contributed by atoms with Crippen molar-refractivity contribution < 1.29 is 14.3 Å². The van der Waals surface area contributed by atoms with Crippen LogP contribution in [0.15, 0.2) is 24.3 Å². The summed E-state index contributed by atoms with van der Waals surface area (Å²) >= 11 is 12.2. The summed E-state index contributed by atoms with van der Waals surface area (Å²) < 4.78 is 5.52. The number of hydrogen-bond acceptors (Lipinski definition) is 6. The first kappa shape index (κ1) is 25.3. The monoisotopic (exact) mass is 520 g/mol. The number of nitrogens with zero attached hydrogens (tertiary/aromatic N) is 5. The summed E-state index contributed by atoms with van der Waals surface area (Å²) in [7, 11) is 0. The number of halogens is 2. The number of hydrogen-bond donors (Lipinski definition) is 1. The maximum atomic E-state index is 13.2. The van der Waals surface area contributed by atoms with Crippen molar-refractivity contribution in [2.24, 2.45) is 0 Å². The third-order valence-corrected chi connectivity index (χ3v) is 6.47. The minimum absolute atomic E-state index is 0.0143. The number of piperidine rings is 1. The summed E-state index contributed by atoms with van der Waals surface area (Å²) in [6.07, 6.45) is 1.44. The molecule has 2 saturated heterocycles. The highest BCUT2D eigenvalue weighted by molar-refractivity contribution is 6.42. The second-order valence-electron chi connectivity index (χ2n) is 9.79. The van der Waals surface area contributed by atoms with E-state index in [9.17, 15) is 9.59 Å². The minimum Gasteiger partial charge on any atom is -0.444 e. The fourth-order valence-corrected chi connectivity index (χ4v) is 4.45. The van der Waals surface area contributed by atoms with E-state index in [1.807, 2.05) is 33.8 Å². The van der Waals surface area contributed by atoms with Crippen molar-refractivity contribution in [1.29, 1.82) is 0 Å². The molecule has 188 valence electrons. The SMILES string of the molecule is Cc1cc(NC2CCCN(C(=O)OC(C)(C)C)C2)nc(N2CCN(c3ccc(Cl)c(Cl)c3)C2=O)n1. The zero-order valence-electron chi connectivity index (χ0n) is 20.3. The van der Waals surface area contributed by atoms with Crippen molar-refractivity contribution in [3.05, 3.63) is 40.0 Å². The van der Waals surface area contributed by atoms with Gasteiger partial charge < -0.3 is 15.0 Å². The van der Waals surface area contributed by atoms with E-state index in [-0.39, 0.29) is 18.2 Å². The zero-order valence-corrected chi connectivity index (χ0v) is 21.9. The van der Waals surface area contributed by atoms with Gasteiger partial charge in [-0.3, -0.25) is 9.80 Å². The molecule has 4 rings (SSSR count). The van der Waals surface area contributed by atoms with Gasteiger partial charge in [0.1, 0.15) is 11.4 Å². The van der Waals surface area contributed by atoms with E-state index in [4.69, 9.17) is 27.9 Å². The number of amides is 3. The molecule has 1 N–H and O–H groups in total. The lowest BCUT2D eigenvalue weighted by Crippen LogP contribution is -2.47. The molecule has 3 amide bonds. The van der Waals surface area contributed by atoms with Crippen LogP contribution in [-0.4, -0.2) is 64.8 Å². The van der Waals surface area contributed by atoms with E-state index >= 15 is 0 Å². The predicted molar refractivity (Wildman–Crippen MR) is 138 cm³/mol. The quantitative estimate of drug-likeness (QED) is 0.584. The Balaban J connectivity index is 1.46. The molecule has 1 aromatic heterocycles. The average Bonchev–Trinajstić information content (AvgIpc) is 3.15. The first-order valence-corrected chi connectivity index (χ1v) is 12.4. The summed E-state index contributed by atoms with van der Waals surface area (Å²) in [5.41, 5.74) is 0.865. The molecular weight excluding hydrogens is 491 g/mol. The molecule has 2 aliphatic heterocycles. The maximum Gasteiger partial charge on any atom is 0.410 e. The van der Waals surface area contributed by atoms with Gasteiger partial charge in [0.25, 0.3) is 0 Å². The number of carbonyl (C=O) groups is 2. The number of rotatable bonds is 4. The molecule has 35 heavy (non-hydrogen) atoms. The third kappa shape index (κ3) is 6.08. The summed E-state index contributed by atoms with van der Waals surface area (Å²) in [4.78, 5) is 39.7. The van der Waals surface area contributed by atoms with Crippen LogP contribution in [0.3, 0.4) is 0 Å². The largest absolute Gasteiger partial charge is 0.444 e.